The number of nitrogens with one attached hydrogen (secondary N) is 1. The van der Waals surface area contributed by atoms with E-state index in [4.69, 9.17) is 10.00 Å². The Balaban J connectivity index is 1.93. The highest BCUT2D eigenvalue weighted by Gasteiger charge is 2.41. The first-order valence-electron chi connectivity index (χ1n) is 8.01. The first kappa shape index (κ1) is 18.7. The average Bonchev–Trinajstić information content (AvgIpc) is 2.54. The Morgan fingerprint density at radius 2 is 2.00 bits per heavy atom. The fraction of sp³-hybridized carbons (Fsp3) is 0.529. The lowest BCUT2D eigenvalue weighted by molar-refractivity contribution is -0.138. The third-order valence-electron chi connectivity index (χ3n) is 3.80. The van der Waals surface area contributed by atoms with Gasteiger partial charge in [-0.3, -0.25) is 4.79 Å². The van der Waals surface area contributed by atoms with Crippen molar-refractivity contribution in [2.45, 2.75) is 44.8 Å². The maximum Gasteiger partial charge on any atom is 0.410 e. The summed E-state index contributed by atoms with van der Waals surface area (Å²) in [6.45, 7) is 5.79. The van der Waals surface area contributed by atoms with Crippen molar-refractivity contribution in [3.63, 3.8) is 0 Å². The van der Waals surface area contributed by atoms with Gasteiger partial charge in [0.1, 0.15) is 23.1 Å². The zero-order chi connectivity index (χ0) is 18.7. The number of hydrogen-bond acceptors (Lipinski definition) is 6. The topological polar surface area (TPSA) is 116 Å². The van der Waals surface area contributed by atoms with Crippen LogP contribution in [0.3, 0.4) is 0 Å². The fourth-order valence-electron chi connectivity index (χ4n) is 2.38. The molecule has 1 aromatic rings. The molecular formula is C17H22N4O4. The van der Waals surface area contributed by atoms with Gasteiger partial charge in [-0.25, -0.2) is 9.78 Å². The number of likely N-dealkylation sites (tertiary alicyclic amines) is 1. The van der Waals surface area contributed by atoms with Crippen molar-refractivity contribution in [3.05, 3.63) is 23.9 Å². The molecule has 0 spiro atoms. The SMILES string of the molecule is CC(C)(C)OC(=O)N1CCC(O)(C(=O)Nc2ccc(C#N)cn2)CC1. The van der Waals surface area contributed by atoms with E-state index in [1.807, 2.05) is 6.07 Å². The summed E-state index contributed by atoms with van der Waals surface area (Å²) in [4.78, 5) is 29.8. The van der Waals surface area contributed by atoms with Gasteiger partial charge in [-0.15, -0.1) is 0 Å². The molecule has 2 heterocycles. The minimum Gasteiger partial charge on any atom is -0.444 e. The molecule has 1 aliphatic heterocycles. The molecule has 25 heavy (non-hydrogen) atoms. The van der Waals surface area contributed by atoms with Gasteiger partial charge in [0.05, 0.1) is 5.56 Å². The molecule has 0 unspecified atom stereocenters. The molecule has 1 aliphatic rings. The van der Waals surface area contributed by atoms with E-state index in [0.717, 1.165) is 0 Å². The van der Waals surface area contributed by atoms with Crippen LogP contribution in [0.4, 0.5) is 10.6 Å². The van der Waals surface area contributed by atoms with Gasteiger partial charge in [0, 0.05) is 32.1 Å². The van der Waals surface area contributed by atoms with Crippen LogP contribution in [0.25, 0.3) is 0 Å². The Bertz CT molecular complexity index is 680. The Kier molecular flexibility index (Phi) is 5.28. The number of carbonyl (C=O) groups excluding carboxylic acids is 2. The van der Waals surface area contributed by atoms with Gasteiger partial charge in [-0.05, 0) is 32.9 Å². The number of rotatable bonds is 2. The molecule has 0 saturated carbocycles. The minimum atomic E-state index is -1.58. The van der Waals surface area contributed by atoms with E-state index in [9.17, 15) is 14.7 Å². The standard InChI is InChI=1S/C17H22N4O4/c1-16(2,3)25-15(23)21-8-6-17(24,7-9-21)14(22)20-13-5-4-12(10-18)11-19-13/h4-5,11,24H,6-9H2,1-3H3,(H,19,20,22). The van der Waals surface area contributed by atoms with Crippen LogP contribution in [0.15, 0.2) is 18.3 Å². The number of aliphatic hydroxyl groups is 1. The van der Waals surface area contributed by atoms with Crippen molar-refractivity contribution in [2.75, 3.05) is 18.4 Å². The number of pyridine rings is 1. The van der Waals surface area contributed by atoms with Crippen LogP contribution in [0.2, 0.25) is 0 Å². The van der Waals surface area contributed by atoms with Gasteiger partial charge in [0.2, 0.25) is 0 Å². The summed E-state index contributed by atoms with van der Waals surface area (Å²) >= 11 is 0. The quantitative estimate of drug-likeness (QED) is 0.841. The summed E-state index contributed by atoms with van der Waals surface area (Å²) in [6, 6.07) is 4.96. The number of nitriles is 1. The van der Waals surface area contributed by atoms with E-state index in [0.29, 0.717) is 5.56 Å². The monoisotopic (exact) mass is 346 g/mol. The lowest BCUT2D eigenvalue weighted by atomic mass is 9.90. The lowest BCUT2D eigenvalue weighted by Crippen LogP contribution is -2.53. The summed E-state index contributed by atoms with van der Waals surface area (Å²) in [5.41, 5.74) is -1.79. The molecule has 0 radical (unpaired) electrons. The molecule has 8 nitrogen and oxygen atoms in total. The van der Waals surface area contributed by atoms with Crippen molar-refractivity contribution >= 4 is 17.8 Å². The molecular weight excluding hydrogens is 324 g/mol. The second-order valence-corrected chi connectivity index (χ2v) is 7.00. The van der Waals surface area contributed by atoms with E-state index in [1.165, 1.54) is 23.2 Å². The average molecular weight is 346 g/mol. The molecule has 1 aromatic heterocycles. The Morgan fingerprint density at radius 1 is 1.36 bits per heavy atom. The third-order valence-corrected chi connectivity index (χ3v) is 3.80. The van der Waals surface area contributed by atoms with Crippen molar-refractivity contribution in [2.24, 2.45) is 0 Å². The second kappa shape index (κ2) is 7.07. The second-order valence-electron chi connectivity index (χ2n) is 7.00. The molecule has 134 valence electrons. The fourth-order valence-corrected chi connectivity index (χ4v) is 2.38. The molecule has 8 heteroatoms. The number of nitrogens with zero attached hydrogens (tertiary/aromatic N) is 3. The molecule has 1 saturated heterocycles. The molecule has 2 rings (SSSR count). The van der Waals surface area contributed by atoms with Gasteiger partial charge in [-0.1, -0.05) is 0 Å². The van der Waals surface area contributed by atoms with Gasteiger partial charge in [-0.2, -0.15) is 5.26 Å². The van der Waals surface area contributed by atoms with Crippen molar-refractivity contribution in [1.82, 2.24) is 9.88 Å². The largest absolute Gasteiger partial charge is 0.444 e. The molecule has 1 fully saturated rings. The van der Waals surface area contributed by atoms with E-state index in [2.05, 4.69) is 10.3 Å². The van der Waals surface area contributed by atoms with E-state index in [-0.39, 0.29) is 31.7 Å². The molecule has 0 bridgehead atoms. The minimum absolute atomic E-state index is 0.106. The van der Waals surface area contributed by atoms with Crippen LogP contribution in [0.5, 0.6) is 0 Å². The summed E-state index contributed by atoms with van der Waals surface area (Å²) < 4.78 is 5.29. The Hall–Kier alpha value is -2.66. The summed E-state index contributed by atoms with van der Waals surface area (Å²) in [6.07, 6.45) is 1.09. The third kappa shape index (κ3) is 4.90. The number of hydrogen-bond donors (Lipinski definition) is 2. The van der Waals surface area contributed by atoms with Crippen LogP contribution in [-0.4, -0.2) is 51.3 Å². The van der Waals surface area contributed by atoms with Crippen LogP contribution in [0, 0.1) is 11.3 Å². The number of piperidine rings is 1. The highest BCUT2D eigenvalue weighted by Crippen LogP contribution is 2.25. The van der Waals surface area contributed by atoms with E-state index < -0.39 is 23.2 Å². The summed E-state index contributed by atoms with van der Waals surface area (Å²) in [5.74, 6) is -0.319. The summed E-state index contributed by atoms with van der Waals surface area (Å²) in [7, 11) is 0. The number of ether oxygens (including phenoxy) is 1. The maximum atomic E-state index is 12.3. The normalized spacial score (nSPS) is 16.7. The number of aromatic nitrogens is 1. The number of carbonyl (C=O) groups is 2. The number of amides is 2. The molecule has 0 atom stereocenters. The van der Waals surface area contributed by atoms with Gasteiger partial charge in [0.15, 0.2) is 0 Å². The molecule has 0 aliphatic carbocycles. The molecule has 2 amide bonds. The zero-order valence-corrected chi connectivity index (χ0v) is 14.6. The maximum absolute atomic E-state index is 12.3. The van der Waals surface area contributed by atoms with Crippen molar-refractivity contribution < 1.29 is 19.4 Å². The smallest absolute Gasteiger partial charge is 0.410 e. The molecule has 0 aromatic carbocycles. The van der Waals surface area contributed by atoms with Crippen LogP contribution in [-0.2, 0) is 9.53 Å². The first-order chi connectivity index (χ1) is 11.6. The van der Waals surface area contributed by atoms with Gasteiger partial charge >= 0.3 is 6.09 Å². The highest BCUT2D eigenvalue weighted by molar-refractivity contribution is 5.96. The van der Waals surface area contributed by atoms with Gasteiger partial charge < -0.3 is 20.1 Å². The van der Waals surface area contributed by atoms with E-state index >= 15 is 0 Å². The van der Waals surface area contributed by atoms with E-state index in [1.54, 1.807) is 20.8 Å². The van der Waals surface area contributed by atoms with Crippen molar-refractivity contribution in [3.8, 4) is 6.07 Å². The van der Waals surface area contributed by atoms with Gasteiger partial charge in [0.25, 0.3) is 5.91 Å². The summed E-state index contributed by atoms with van der Waals surface area (Å²) in [5, 5.41) is 21.8. The number of anilines is 1. The molecule has 2 N–H and O–H groups in total. The zero-order valence-electron chi connectivity index (χ0n) is 14.6. The lowest BCUT2D eigenvalue weighted by Gasteiger charge is -2.37. The Morgan fingerprint density at radius 3 is 2.48 bits per heavy atom. The predicted molar refractivity (Wildman–Crippen MR) is 89.6 cm³/mol. The Labute approximate surface area is 146 Å². The van der Waals surface area contributed by atoms with Crippen LogP contribution < -0.4 is 5.32 Å². The predicted octanol–water partition coefficient (Wildman–Crippen LogP) is 1.65. The van der Waals surface area contributed by atoms with Crippen LogP contribution in [0.1, 0.15) is 39.2 Å². The van der Waals surface area contributed by atoms with Crippen LogP contribution >= 0.6 is 0 Å². The van der Waals surface area contributed by atoms with Crippen molar-refractivity contribution in [1.29, 1.82) is 5.26 Å². The highest BCUT2D eigenvalue weighted by atomic mass is 16.6. The first-order valence-corrected chi connectivity index (χ1v) is 8.01.